The summed E-state index contributed by atoms with van der Waals surface area (Å²) in [5.74, 6) is 1.91. The first kappa shape index (κ1) is 20.8. The van der Waals surface area contributed by atoms with Gasteiger partial charge >= 0.3 is 0 Å². The summed E-state index contributed by atoms with van der Waals surface area (Å²) in [4.78, 5) is 19.5. The second-order valence-corrected chi connectivity index (χ2v) is 8.48. The smallest absolute Gasteiger partial charge is 0.223 e. The number of carbonyl (C=O) groups is 1. The van der Waals surface area contributed by atoms with Crippen LogP contribution < -0.4 is 15.0 Å². The predicted octanol–water partition coefficient (Wildman–Crippen LogP) is 2.92. The van der Waals surface area contributed by atoms with Gasteiger partial charge in [-0.05, 0) is 43.9 Å². The molecule has 8 heteroatoms. The summed E-state index contributed by atoms with van der Waals surface area (Å²) in [5.41, 5.74) is 2.84. The number of carbonyl (C=O) groups excluding carboxylic acids is 1. The van der Waals surface area contributed by atoms with E-state index in [0.29, 0.717) is 6.54 Å². The maximum Gasteiger partial charge on any atom is 0.223 e. The van der Waals surface area contributed by atoms with Gasteiger partial charge in [0.25, 0.3) is 0 Å². The Kier molecular flexibility index (Phi) is 5.94. The number of piperidine rings is 1. The lowest BCUT2D eigenvalue weighted by Gasteiger charge is -2.32. The van der Waals surface area contributed by atoms with E-state index in [-0.39, 0.29) is 17.9 Å². The summed E-state index contributed by atoms with van der Waals surface area (Å²) in [5, 5.41) is 7.82. The van der Waals surface area contributed by atoms with Gasteiger partial charge < -0.3 is 19.7 Å². The number of rotatable bonds is 6. The zero-order valence-corrected chi connectivity index (χ0v) is 18.4. The lowest BCUT2D eigenvalue weighted by atomic mass is 9.95. The molecule has 2 fully saturated rings. The first-order valence-corrected chi connectivity index (χ1v) is 11.3. The van der Waals surface area contributed by atoms with Crippen LogP contribution in [0.4, 0.5) is 5.82 Å². The first-order chi connectivity index (χ1) is 15.7. The van der Waals surface area contributed by atoms with E-state index in [9.17, 15) is 4.79 Å². The van der Waals surface area contributed by atoms with Gasteiger partial charge in [-0.15, -0.1) is 0 Å². The molecule has 2 aliphatic rings. The molecule has 2 aliphatic heterocycles. The van der Waals surface area contributed by atoms with Gasteiger partial charge in [-0.25, -0.2) is 9.50 Å². The normalized spacial score (nSPS) is 19.4. The number of anilines is 1. The van der Waals surface area contributed by atoms with E-state index in [1.165, 1.54) is 0 Å². The minimum Gasteiger partial charge on any atom is -0.497 e. The Balaban J connectivity index is 1.27. The van der Waals surface area contributed by atoms with Crippen molar-refractivity contribution in [2.24, 2.45) is 5.92 Å². The van der Waals surface area contributed by atoms with E-state index in [1.807, 2.05) is 35.0 Å². The van der Waals surface area contributed by atoms with Crippen molar-refractivity contribution < 1.29 is 14.3 Å². The van der Waals surface area contributed by atoms with Gasteiger partial charge in [0.15, 0.2) is 5.82 Å². The SMILES string of the molecule is COc1cccc(-c2cc3c(N4CCC(C(=O)NC[C@H]5CCCO5)CC4)nccn3n2)c1. The maximum absolute atomic E-state index is 12.6. The van der Waals surface area contributed by atoms with Crippen molar-refractivity contribution in [3.63, 3.8) is 0 Å². The van der Waals surface area contributed by atoms with Crippen molar-refractivity contribution in [1.82, 2.24) is 19.9 Å². The van der Waals surface area contributed by atoms with Crippen LogP contribution in [-0.2, 0) is 9.53 Å². The summed E-state index contributed by atoms with van der Waals surface area (Å²) >= 11 is 0. The fourth-order valence-electron chi connectivity index (χ4n) is 4.59. The van der Waals surface area contributed by atoms with E-state index >= 15 is 0 Å². The van der Waals surface area contributed by atoms with Crippen LogP contribution in [0.5, 0.6) is 5.75 Å². The number of ether oxygens (including phenoxy) is 2. The van der Waals surface area contributed by atoms with E-state index in [4.69, 9.17) is 14.6 Å². The summed E-state index contributed by atoms with van der Waals surface area (Å²) in [7, 11) is 1.66. The van der Waals surface area contributed by atoms with Crippen LogP contribution in [-0.4, -0.2) is 60.0 Å². The molecule has 5 rings (SSSR count). The van der Waals surface area contributed by atoms with Crippen LogP contribution in [0.3, 0.4) is 0 Å². The third kappa shape index (κ3) is 4.27. The molecule has 0 unspecified atom stereocenters. The Morgan fingerprint density at radius 1 is 1.25 bits per heavy atom. The number of fused-ring (bicyclic) bond motifs is 1. The molecule has 0 bridgehead atoms. The maximum atomic E-state index is 12.6. The summed E-state index contributed by atoms with van der Waals surface area (Å²) in [6.07, 6.45) is 7.59. The molecule has 168 valence electrons. The molecule has 4 heterocycles. The summed E-state index contributed by atoms with van der Waals surface area (Å²) in [6, 6.07) is 9.96. The zero-order chi connectivity index (χ0) is 21.9. The number of hydrogen-bond acceptors (Lipinski definition) is 6. The largest absolute Gasteiger partial charge is 0.497 e. The molecule has 1 atom stereocenters. The molecule has 0 spiro atoms. The van der Waals surface area contributed by atoms with E-state index < -0.39 is 0 Å². The van der Waals surface area contributed by atoms with Crippen LogP contribution >= 0.6 is 0 Å². The highest BCUT2D eigenvalue weighted by molar-refractivity contribution is 5.79. The topological polar surface area (TPSA) is 81.0 Å². The van der Waals surface area contributed by atoms with Gasteiger partial charge in [-0.1, -0.05) is 12.1 Å². The number of benzene rings is 1. The minimum atomic E-state index is 0.0460. The molecule has 1 amide bonds. The van der Waals surface area contributed by atoms with Crippen LogP contribution in [0.2, 0.25) is 0 Å². The van der Waals surface area contributed by atoms with Crippen molar-refractivity contribution in [1.29, 1.82) is 0 Å². The molecule has 3 aromatic rings. The fourth-order valence-corrected chi connectivity index (χ4v) is 4.59. The van der Waals surface area contributed by atoms with Gasteiger partial charge in [-0.3, -0.25) is 4.79 Å². The molecule has 32 heavy (non-hydrogen) atoms. The summed E-state index contributed by atoms with van der Waals surface area (Å²) < 4.78 is 12.8. The lowest BCUT2D eigenvalue weighted by molar-refractivity contribution is -0.126. The molecule has 8 nitrogen and oxygen atoms in total. The third-order valence-electron chi connectivity index (χ3n) is 6.43. The van der Waals surface area contributed by atoms with Gasteiger partial charge in [0.05, 0.1) is 18.9 Å². The lowest BCUT2D eigenvalue weighted by Crippen LogP contribution is -2.42. The Labute approximate surface area is 187 Å². The molecule has 0 aliphatic carbocycles. The Morgan fingerprint density at radius 3 is 2.91 bits per heavy atom. The number of nitrogens with one attached hydrogen (secondary N) is 1. The minimum absolute atomic E-state index is 0.0460. The Morgan fingerprint density at radius 2 is 2.12 bits per heavy atom. The number of methoxy groups -OCH3 is 1. The van der Waals surface area contributed by atoms with E-state index in [0.717, 1.165) is 73.7 Å². The molecule has 0 saturated carbocycles. The van der Waals surface area contributed by atoms with Crippen molar-refractivity contribution >= 4 is 17.2 Å². The molecule has 2 saturated heterocycles. The monoisotopic (exact) mass is 435 g/mol. The molecular weight excluding hydrogens is 406 g/mol. The van der Waals surface area contributed by atoms with Gasteiger partial charge in [0.2, 0.25) is 5.91 Å². The second-order valence-electron chi connectivity index (χ2n) is 8.48. The summed E-state index contributed by atoms with van der Waals surface area (Å²) in [6.45, 7) is 3.03. The van der Waals surface area contributed by atoms with Gasteiger partial charge in [-0.2, -0.15) is 5.10 Å². The Bertz CT molecular complexity index is 1080. The van der Waals surface area contributed by atoms with Crippen LogP contribution in [0.25, 0.3) is 16.8 Å². The van der Waals surface area contributed by atoms with Crippen molar-refractivity contribution in [3.05, 3.63) is 42.7 Å². The quantitative estimate of drug-likeness (QED) is 0.641. The highest BCUT2D eigenvalue weighted by Crippen LogP contribution is 2.29. The highest BCUT2D eigenvalue weighted by atomic mass is 16.5. The molecular formula is C24H29N5O3. The Hall–Kier alpha value is -3.13. The number of amides is 1. The van der Waals surface area contributed by atoms with Crippen molar-refractivity contribution in [2.45, 2.75) is 31.8 Å². The van der Waals surface area contributed by atoms with Crippen molar-refractivity contribution in [2.75, 3.05) is 38.3 Å². The highest BCUT2D eigenvalue weighted by Gasteiger charge is 2.27. The molecule has 0 radical (unpaired) electrons. The zero-order valence-electron chi connectivity index (χ0n) is 18.4. The van der Waals surface area contributed by atoms with Crippen LogP contribution in [0.15, 0.2) is 42.7 Å². The molecule has 1 N–H and O–H groups in total. The van der Waals surface area contributed by atoms with Crippen LogP contribution in [0.1, 0.15) is 25.7 Å². The van der Waals surface area contributed by atoms with Crippen LogP contribution in [0, 0.1) is 5.92 Å². The molecule has 1 aromatic carbocycles. The standard InChI is InChI=1S/C24H29N5O3/c1-31-19-5-2-4-18(14-19)21-15-22-23(25-9-12-29(22)27-21)28-10-7-17(8-11-28)24(30)26-16-20-6-3-13-32-20/h2,4-5,9,12,14-15,17,20H,3,6-8,10-11,13,16H2,1H3,(H,26,30)/t20-/m1/s1. The van der Waals surface area contributed by atoms with Gasteiger partial charge in [0, 0.05) is 50.1 Å². The van der Waals surface area contributed by atoms with E-state index in [1.54, 1.807) is 13.3 Å². The molecule has 2 aromatic heterocycles. The number of nitrogens with zero attached hydrogens (tertiary/aromatic N) is 4. The second kappa shape index (κ2) is 9.16. The van der Waals surface area contributed by atoms with Gasteiger partial charge in [0.1, 0.15) is 11.3 Å². The van der Waals surface area contributed by atoms with Crippen molar-refractivity contribution in [3.8, 4) is 17.0 Å². The third-order valence-corrected chi connectivity index (χ3v) is 6.43. The first-order valence-electron chi connectivity index (χ1n) is 11.3. The fraction of sp³-hybridized carbons (Fsp3) is 0.458. The predicted molar refractivity (Wildman–Crippen MR) is 122 cm³/mol. The number of aromatic nitrogens is 3. The average Bonchev–Trinajstić information content (AvgIpc) is 3.52. The number of hydrogen-bond donors (Lipinski definition) is 1. The average molecular weight is 436 g/mol. The van der Waals surface area contributed by atoms with E-state index in [2.05, 4.69) is 21.3 Å².